The zero-order valence-electron chi connectivity index (χ0n) is 8.32. The smallest absolute Gasteiger partial charge is 0.114 e. The highest BCUT2D eigenvalue weighted by Crippen LogP contribution is 2.37. The van der Waals surface area contributed by atoms with E-state index in [0.29, 0.717) is 0 Å². The molecule has 0 aliphatic heterocycles. The second kappa shape index (κ2) is 4.01. The van der Waals surface area contributed by atoms with E-state index in [9.17, 15) is 0 Å². The lowest BCUT2D eigenvalue weighted by Crippen LogP contribution is -2.33. The molecule has 0 saturated heterocycles. The number of nitrogens with zero attached hydrogens (tertiary/aromatic N) is 1. The van der Waals surface area contributed by atoms with Gasteiger partial charge in [-0.05, 0) is 38.8 Å². The molecule has 4 heteroatoms. The Hall–Kier alpha value is 0.620. The van der Waals surface area contributed by atoms with E-state index in [-0.39, 0.29) is 0 Å². The monoisotopic (exact) mass is 326 g/mol. The maximum absolute atomic E-state index is 3.61. The Morgan fingerprint density at radius 3 is 2.00 bits per heavy atom. The van der Waals surface area contributed by atoms with Crippen LogP contribution in [0.4, 0.5) is 0 Å². The molecule has 1 nitrogen and oxygen atoms in total. The molecule has 74 valence electrons. The molecule has 0 fully saturated rings. The van der Waals surface area contributed by atoms with Crippen molar-refractivity contribution in [1.29, 1.82) is 0 Å². The topological polar surface area (TPSA) is 0 Å². The van der Waals surface area contributed by atoms with E-state index in [1.165, 1.54) is 18.7 Å². The Labute approximate surface area is 101 Å². The van der Waals surface area contributed by atoms with Gasteiger partial charge < -0.3 is 4.48 Å². The van der Waals surface area contributed by atoms with Crippen LogP contribution in [0.15, 0.2) is 8.95 Å². The molecule has 0 aromatic carbocycles. The van der Waals surface area contributed by atoms with Gasteiger partial charge >= 0.3 is 0 Å². The van der Waals surface area contributed by atoms with E-state index in [0.717, 1.165) is 11.0 Å². The van der Waals surface area contributed by atoms with Gasteiger partial charge in [-0.15, -0.1) is 11.3 Å². The Morgan fingerprint density at radius 1 is 1.15 bits per heavy atom. The van der Waals surface area contributed by atoms with Crippen molar-refractivity contribution in [2.45, 2.75) is 13.5 Å². The molecule has 1 heterocycles. The number of halogens is 2. The minimum absolute atomic E-state index is 0.963. The Bertz CT molecular complexity index is 312. The number of aryl methyl sites for hydroxylation is 1. The molecule has 0 aliphatic carbocycles. The van der Waals surface area contributed by atoms with E-state index in [2.05, 4.69) is 59.9 Å². The third-order valence-electron chi connectivity index (χ3n) is 1.64. The van der Waals surface area contributed by atoms with Crippen LogP contribution in [0.2, 0.25) is 0 Å². The lowest BCUT2D eigenvalue weighted by molar-refractivity contribution is -0.883. The van der Waals surface area contributed by atoms with Crippen molar-refractivity contribution >= 4 is 43.2 Å². The zero-order chi connectivity index (χ0) is 10.2. The summed E-state index contributed by atoms with van der Waals surface area (Å²) in [5.74, 6) is 0. The third-order valence-corrected chi connectivity index (χ3v) is 5.65. The van der Waals surface area contributed by atoms with Crippen LogP contribution in [0, 0.1) is 6.92 Å². The standard InChI is InChI=1S/C9H14Br2NS/c1-6-8(10)9(11)7(13-6)5-12(2,3)4/h5H2,1-4H3/q+1. The highest BCUT2D eigenvalue weighted by Gasteiger charge is 2.17. The second-order valence-electron chi connectivity index (χ2n) is 4.16. The molecule has 0 aliphatic rings. The van der Waals surface area contributed by atoms with Gasteiger partial charge in [0.2, 0.25) is 0 Å². The van der Waals surface area contributed by atoms with Crippen molar-refractivity contribution in [1.82, 2.24) is 0 Å². The van der Waals surface area contributed by atoms with Gasteiger partial charge in [-0.2, -0.15) is 0 Å². The summed E-state index contributed by atoms with van der Waals surface area (Å²) in [6.07, 6.45) is 0. The van der Waals surface area contributed by atoms with Crippen LogP contribution < -0.4 is 0 Å². The van der Waals surface area contributed by atoms with Crippen molar-refractivity contribution in [3.8, 4) is 0 Å². The first-order chi connectivity index (χ1) is 5.81. The predicted molar refractivity (Wildman–Crippen MR) is 66.2 cm³/mol. The molecule has 1 aromatic heterocycles. The normalized spacial score (nSPS) is 12.2. The van der Waals surface area contributed by atoms with Gasteiger partial charge in [0.15, 0.2) is 0 Å². The average molecular weight is 328 g/mol. The Kier molecular flexibility index (Phi) is 3.60. The van der Waals surface area contributed by atoms with E-state index in [4.69, 9.17) is 0 Å². The molecule has 0 saturated carbocycles. The Balaban J connectivity index is 2.97. The summed E-state index contributed by atoms with van der Waals surface area (Å²) in [4.78, 5) is 2.76. The lowest BCUT2D eigenvalue weighted by Gasteiger charge is -2.23. The van der Waals surface area contributed by atoms with Crippen LogP contribution in [-0.2, 0) is 6.54 Å². The first-order valence-corrected chi connectivity index (χ1v) is 6.45. The van der Waals surface area contributed by atoms with Gasteiger partial charge in [-0.1, -0.05) is 0 Å². The van der Waals surface area contributed by atoms with Crippen molar-refractivity contribution in [3.63, 3.8) is 0 Å². The summed E-state index contributed by atoms with van der Waals surface area (Å²) in [6, 6.07) is 0. The number of hydrogen-bond acceptors (Lipinski definition) is 1. The molecule has 0 spiro atoms. The van der Waals surface area contributed by atoms with E-state index in [1.54, 1.807) is 0 Å². The van der Waals surface area contributed by atoms with Gasteiger partial charge in [0.25, 0.3) is 0 Å². The van der Waals surface area contributed by atoms with Gasteiger partial charge in [-0.3, -0.25) is 0 Å². The predicted octanol–water partition coefficient (Wildman–Crippen LogP) is 3.79. The maximum atomic E-state index is 3.61. The SMILES string of the molecule is Cc1sc(C[N+](C)(C)C)c(Br)c1Br. The molecule has 1 aromatic rings. The van der Waals surface area contributed by atoms with Crippen LogP contribution in [0.25, 0.3) is 0 Å². The fourth-order valence-electron chi connectivity index (χ4n) is 1.08. The van der Waals surface area contributed by atoms with Gasteiger partial charge in [0.1, 0.15) is 6.54 Å². The number of rotatable bonds is 2. The van der Waals surface area contributed by atoms with Crippen LogP contribution in [0.3, 0.4) is 0 Å². The maximum Gasteiger partial charge on any atom is 0.114 e. The molecule has 0 amide bonds. The largest absolute Gasteiger partial charge is 0.326 e. The van der Waals surface area contributed by atoms with E-state index < -0.39 is 0 Å². The number of hydrogen-bond donors (Lipinski definition) is 0. The molecule has 1 rings (SSSR count). The summed E-state index contributed by atoms with van der Waals surface area (Å²) in [6.45, 7) is 3.20. The van der Waals surface area contributed by atoms with E-state index >= 15 is 0 Å². The van der Waals surface area contributed by atoms with Crippen molar-refractivity contribution in [2.75, 3.05) is 21.1 Å². The number of thiophene rings is 1. The molecule has 0 atom stereocenters. The minimum Gasteiger partial charge on any atom is -0.326 e. The summed E-state index contributed by atoms with van der Waals surface area (Å²) in [7, 11) is 6.61. The lowest BCUT2D eigenvalue weighted by atomic mass is 10.4. The highest BCUT2D eigenvalue weighted by molar-refractivity contribution is 9.13. The van der Waals surface area contributed by atoms with Gasteiger partial charge in [-0.25, -0.2) is 0 Å². The summed E-state index contributed by atoms with van der Waals surface area (Å²) in [5, 5.41) is 0. The summed E-state index contributed by atoms with van der Waals surface area (Å²) >= 11 is 9.03. The molecule has 0 radical (unpaired) electrons. The quantitative estimate of drug-likeness (QED) is 0.725. The molecule has 0 N–H and O–H groups in total. The van der Waals surface area contributed by atoms with Gasteiger partial charge in [0, 0.05) is 9.35 Å². The average Bonchev–Trinajstić information content (AvgIpc) is 2.15. The Morgan fingerprint density at radius 2 is 1.69 bits per heavy atom. The van der Waals surface area contributed by atoms with Crippen LogP contribution in [0.1, 0.15) is 9.75 Å². The number of quaternary nitrogens is 1. The fourth-order valence-corrected chi connectivity index (χ4v) is 3.70. The molecule has 0 unspecified atom stereocenters. The van der Waals surface area contributed by atoms with Crippen molar-refractivity contribution in [2.24, 2.45) is 0 Å². The molecule has 13 heavy (non-hydrogen) atoms. The van der Waals surface area contributed by atoms with Crippen LogP contribution in [-0.4, -0.2) is 25.6 Å². The summed E-state index contributed by atoms with van der Waals surface area (Å²) in [5.41, 5.74) is 0. The van der Waals surface area contributed by atoms with Crippen molar-refractivity contribution in [3.05, 3.63) is 18.7 Å². The minimum atomic E-state index is 0.963. The highest BCUT2D eigenvalue weighted by atomic mass is 79.9. The zero-order valence-corrected chi connectivity index (χ0v) is 12.3. The van der Waals surface area contributed by atoms with Crippen molar-refractivity contribution < 1.29 is 4.48 Å². The molecule has 0 bridgehead atoms. The second-order valence-corrected chi connectivity index (χ2v) is 7.05. The molecular formula is C9H14Br2NS+. The first-order valence-electron chi connectivity index (χ1n) is 4.05. The summed E-state index contributed by atoms with van der Waals surface area (Å²) < 4.78 is 3.40. The van der Waals surface area contributed by atoms with Crippen LogP contribution >= 0.6 is 43.2 Å². The van der Waals surface area contributed by atoms with Gasteiger partial charge in [0.05, 0.1) is 30.5 Å². The van der Waals surface area contributed by atoms with Crippen LogP contribution in [0.5, 0.6) is 0 Å². The first kappa shape index (κ1) is 11.7. The molecular weight excluding hydrogens is 314 g/mol. The van der Waals surface area contributed by atoms with E-state index in [1.807, 2.05) is 11.3 Å². The fraction of sp³-hybridized carbons (Fsp3) is 0.556. The third kappa shape index (κ3) is 3.05.